The van der Waals surface area contributed by atoms with Gasteiger partial charge in [-0.25, -0.2) is 0 Å². The van der Waals surface area contributed by atoms with E-state index in [0.29, 0.717) is 19.2 Å². The zero-order valence-corrected chi connectivity index (χ0v) is 23.9. The average molecular weight is 550 g/mol. The number of hydrogen-bond acceptors (Lipinski definition) is 6. The molecule has 1 atom stereocenters. The zero-order chi connectivity index (χ0) is 27.4. The number of carbonyl (C=O) groups excluding carboxylic acids is 1. The summed E-state index contributed by atoms with van der Waals surface area (Å²) in [6.45, 7) is 8.38. The third-order valence-corrected chi connectivity index (χ3v) is 8.56. The number of likely N-dealkylation sites (tertiary alicyclic amines) is 1. The van der Waals surface area contributed by atoms with E-state index < -0.39 is 5.60 Å². The molecule has 0 saturated carbocycles. The van der Waals surface area contributed by atoms with Gasteiger partial charge in [0.2, 0.25) is 0 Å². The first kappa shape index (κ1) is 28.0. The first-order valence-corrected chi connectivity index (χ1v) is 14.6. The van der Waals surface area contributed by atoms with Crippen LogP contribution in [-0.4, -0.2) is 72.8 Å². The van der Waals surface area contributed by atoms with Gasteiger partial charge in [-0.1, -0.05) is 35.4 Å². The lowest BCUT2D eigenvalue weighted by atomic mass is 9.88. The predicted molar refractivity (Wildman–Crippen MR) is 158 cm³/mol. The Bertz CT molecular complexity index is 1240. The monoisotopic (exact) mass is 549 g/mol. The Morgan fingerprint density at radius 3 is 2.90 bits per heavy atom. The molecule has 0 spiro atoms. The highest BCUT2D eigenvalue weighted by Crippen LogP contribution is 2.41. The van der Waals surface area contributed by atoms with E-state index in [1.54, 1.807) is 0 Å². The molecule has 4 aliphatic rings. The van der Waals surface area contributed by atoms with Crippen LogP contribution in [0.1, 0.15) is 63.5 Å². The van der Waals surface area contributed by atoms with Crippen molar-refractivity contribution in [2.45, 2.75) is 64.0 Å². The molecular weight excluding hydrogens is 510 g/mol. The Hall–Kier alpha value is -2.51. The van der Waals surface area contributed by atoms with Crippen LogP contribution >= 0.6 is 11.6 Å². The zero-order valence-electron chi connectivity index (χ0n) is 23.2. The highest BCUT2D eigenvalue weighted by atomic mass is 35.5. The molecule has 0 bridgehead atoms. The van der Waals surface area contributed by atoms with Crippen molar-refractivity contribution in [1.29, 1.82) is 0 Å². The number of hydrogen-bond donors (Lipinski definition) is 1. The molecule has 1 aliphatic carbocycles. The fourth-order valence-corrected chi connectivity index (χ4v) is 6.16. The van der Waals surface area contributed by atoms with Crippen LogP contribution in [0.2, 0.25) is 0 Å². The molecule has 39 heavy (non-hydrogen) atoms. The average Bonchev–Trinajstić information content (AvgIpc) is 3.33. The number of halogens is 1. The second-order valence-electron chi connectivity index (χ2n) is 11.5. The molecule has 3 heterocycles. The maximum absolute atomic E-state index is 11.5. The maximum Gasteiger partial charge on any atom is 0.134 e. The lowest BCUT2D eigenvalue weighted by Crippen LogP contribution is -2.40. The van der Waals surface area contributed by atoms with Gasteiger partial charge in [0, 0.05) is 42.5 Å². The largest absolute Gasteiger partial charge is 0.487 e. The van der Waals surface area contributed by atoms with Crippen molar-refractivity contribution in [2.24, 2.45) is 4.99 Å². The van der Waals surface area contributed by atoms with Gasteiger partial charge in [-0.3, -0.25) is 9.89 Å². The molecule has 1 saturated heterocycles. The molecule has 1 unspecified atom stereocenters. The number of carbonyl (C=O) groups is 1. The van der Waals surface area contributed by atoms with E-state index in [1.165, 1.54) is 16.7 Å². The molecule has 1 aromatic carbocycles. The van der Waals surface area contributed by atoms with Crippen molar-refractivity contribution in [3.63, 3.8) is 0 Å². The molecule has 6 nitrogen and oxygen atoms in total. The van der Waals surface area contributed by atoms with Crippen LogP contribution in [0.3, 0.4) is 0 Å². The summed E-state index contributed by atoms with van der Waals surface area (Å²) in [6.07, 6.45) is 15.2. The number of fused-ring (bicyclic) bond motifs is 1. The normalized spacial score (nSPS) is 22.8. The molecule has 3 aliphatic heterocycles. The van der Waals surface area contributed by atoms with Crippen LogP contribution in [0.5, 0.6) is 5.75 Å². The molecule has 7 heteroatoms. The van der Waals surface area contributed by atoms with Crippen molar-refractivity contribution < 1.29 is 14.6 Å². The fourth-order valence-electron chi connectivity index (χ4n) is 6.00. The molecule has 0 radical (unpaired) electrons. The standard InChI is InChI=1S/C32H40ClN3O3/c1-32(2,38)24-9-12-31-29(19-24)27(28-5-3-14-34-30(28)22-39-31)6-4-15-35-16-13-26(21-35)36(17-18-37)20-23-7-10-25(33)11-8-23/h6-7,9-10,12,14,18-19,26,38H,3-5,8,11,13,15-17,20-22H2,1-2H3/b27-6+. The molecular formula is C32H40ClN3O3. The third kappa shape index (κ3) is 6.80. The summed E-state index contributed by atoms with van der Waals surface area (Å²) >= 11 is 6.14. The molecule has 1 aromatic rings. The van der Waals surface area contributed by atoms with Crippen LogP contribution in [-0.2, 0) is 10.4 Å². The highest BCUT2D eigenvalue weighted by Gasteiger charge is 2.29. The number of benzene rings is 1. The van der Waals surface area contributed by atoms with E-state index in [4.69, 9.17) is 16.3 Å². The summed E-state index contributed by atoms with van der Waals surface area (Å²) in [4.78, 5) is 21.0. The Morgan fingerprint density at radius 1 is 1.26 bits per heavy atom. The van der Waals surface area contributed by atoms with Crippen molar-refractivity contribution in [3.8, 4) is 5.75 Å². The third-order valence-electron chi connectivity index (χ3n) is 8.24. The van der Waals surface area contributed by atoms with Crippen LogP contribution in [0.4, 0.5) is 0 Å². The number of ether oxygens (including phenoxy) is 1. The van der Waals surface area contributed by atoms with Crippen LogP contribution < -0.4 is 4.74 Å². The minimum atomic E-state index is -0.928. The van der Waals surface area contributed by atoms with Crippen LogP contribution in [0.15, 0.2) is 63.3 Å². The van der Waals surface area contributed by atoms with Gasteiger partial charge in [0.1, 0.15) is 18.6 Å². The van der Waals surface area contributed by atoms with E-state index in [2.05, 4.69) is 33.0 Å². The van der Waals surface area contributed by atoms with Crippen LogP contribution in [0, 0.1) is 0 Å². The second-order valence-corrected chi connectivity index (χ2v) is 12.0. The van der Waals surface area contributed by atoms with Gasteiger partial charge in [0.05, 0.1) is 17.8 Å². The Kier molecular flexibility index (Phi) is 8.87. The highest BCUT2D eigenvalue weighted by molar-refractivity contribution is 6.29. The molecule has 208 valence electrons. The van der Waals surface area contributed by atoms with E-state index >= 15 is 0 Å². The number of aldehydes is 1. The molecule has 0 amide bonds. The van der Waals surface area contributed by atoms with Gasteiger partial charge in [-0.2, -0.15) is 0 Å². The van der Waals surface area contributed by atoms with Crippen LogP contribution in [0.25, 0.3) is 5.57 Å². The van der Waals surface area contributed by atoms with Crippen molar-refractivity contribution >= 4 is 29.7 Å². The minimum Gasteiger partial charge on any atom is -0.487 e. The number of allylic oxidation sites excluding steroid dienone is 5. The summed E-state index contributed by atoms with van der Waals surface area (Å²) in [5, 5.41) is 11.6. The van der Waals surface area contributed by atoms with E-state index in [0.717, 1.165) is 98.6 Å². The first-order chi connectivity index (χ1) is 18.8. The quantitative estimate of drug-likeness (QED) is 0.405. The maximum atomic E-state index is 11.5. The number of aliphatic hydroxyl groups is 1. The molecule has 5 rings (SSSR count). The SMILES string of the molecule is CC(C)(O)c1ccc2c(c1)/C(=C/CCN1CCC(N(CC=O)CC3=CC=C(Cl)CC3)C1)C1=C(CO2)N=CCC1. The Morgan fingerprint density at radius 2 is 2.13 bits per heavy atom. The van der Waals surface area contributed by atoms with Crippen molar-refractivity contribution in [1.82, 2.24) is 9.80 Å². The molecule has 1 N–H and O–H groups in total. The summed E-state index contributed by atoms with van der Waals surface area (Å²) in [5.41, 5.74) is 5.80. The fraction of sp³-hybridized carbons (Fsp3) is 0.500. The van der Waals surface area contributed by atoms with E-state index in [1.807, 2.05) is 38.3 Å². The van der Waals surface area contributed by atoms with Gasteiger partial charge < -0.3 is 19.5 Å². The summed E-state index contributed by atoms with van der Waals surface area (Å²) in [5.74, 6) is 0.845. The van der Waals surface area contributed by atoms with Gasteiger partial charge in [0.25, 0.3) is 0 Å². The first-order valence-electron chi connectivity index (χ1n) is 14.2. The predicted octanol–water partition coefficient (Wildman–Crippen LogP) is 5.62. The summed E-state index contributed by atoms with van der Waals surface area (Å²) in [6, 6.07) is 6.40. The van der Waals surface area contributed by atoms with Gasteiger partial charge in [0.15, 0.2) is 0 Å². The minimum absolute atomic E-state index is 0.383. The number of nitrogens with zero attached hydrogens (tertiary/aromatic N) is 3. The Balaban J connectivity index is 1.30. The molecule has 0 aromatic heterocycles. The number of rotatable bonds is 9. The number of aliphatic imine (C=N–C) groups is 1. The smallest absolute Gasteiger partial charge is 0.134 e. The Labute approximate surface area is 237 Å². The van der Waals surface area contributed by atoms with Crippen molar-refractivity contribution in [3.05, 3.63) is 69.4 Å². The van der Waals surface area contributed by atoms with E-state index in [9.17, 15) is 9.90 Å². The summed E-state index contributed by atoms with van der Waals surface area (Å²) in [7, 11) is 0. The van der Waals surface area contributed by atoms with E-state index in [-0.39, 0.29) is 0 Å². The van der Waals surface area contributed by atoms with Gasteiger partial charge >= 0.3 is 0 Å². The second kappa shape index (κ2) is 12.3. The topological polar surface area (TPSA) is 65.4 Å². The lowest BCUT2D eigenvalue weighted by molar-refractivity contribution is -0.109. The van der Waals surface area contributed by atoms with Gasteiger partial charge in [-0.05, 0) is 93.8 Å². The van der Waals surface area contributed by atoms with Crippen molar-refractivity contribution in [2.75, 3.05) is 39.3 Å². The van der Waals surface area contributed by atoms with Gasteiger partial charge in [-0.15, -0.1) is 0 Å². The summed E-state index contributed by atoms with van der Waals surface area (Å²) < 4.78 is 6.17. The lowest BCUT2D eigenvalue weighted by Gasteiger charge is -2.29. The molecule has 1 fully saturated rings.